The van der Waals surface area contributed by atoms with E-state index in [2.05, 4.69) is 15.6 Å². The van der Waals surface area contributed by atoms with Crippen molar-refractivity contribution in [1.29, 1.82) is 0 Å². The number of rotatable bonds is 8. The fraction of sp³-hybridized carbons (Fsp3) is 0.308. The topological polar surface area (TPSA) is 103 Å². The van der Waals surface area contributed by atoms with Gasteiger partial charge >= 0.3 is 5.97 Å². The van der Waals surface area contributed by atoms with E-state index in [-0.39, 0.29) is 12.5 Å². The van der Waals surface area contributed by atoms with Gasteiger partial charge in [0.2, 0.25) is 5.95 Å². The summed E-state index contributed by atoms with van der Waals surface area (Å²) in [6.45, 7) is 0.0334. The highest BCUT2D eigenvalue weighted by Crippen LogP contribution is 2.36. The Morgan fingerprint density at radius 3 is 2.63 bits per heavy atom. The van der Waals surface area contributed by atoms with E-state index in [4.69, 9.17) is 19.6 Å². The summed E-state index contributed by atoms with van der Waals surface area (Å²) >= 11 is 0. The number of nitrogens with zero attached hydrogens (tertiary/aromatic N) is 4. The summed E-state index contributed by atoms with van der Waals surface area (Å²) in [5.74, 6) is 1.70. The molecule has 35 heavy (non-hydrogen) atoms. The van der Waals surface area contributed by atoms with Gasteiger partial charge in [-0.3, -0.25) is 4.79 Å². The number of anilines is 2. The molecule has 0 unspecified atom stereocenters. The van der Waals surface area contributed by atoms with Crippen LogP contribution in [0, 0.1) is 0 Å². The smallest absolute Gasteiger partial charge is 0.325 e. The summed E-state index contributed by atoms with van der Waals surface area (Å²) in [7, 11) is 3.01. The van der Waals surface area contributed by atoms with Crippen LogP contribution in [0.4, 0.5) is 11.8 Å². The summed E-state index contributed by atoms with van der Waals surface area (Å²) in [4.78, 5) is 21.1. The van der Waals surface area contributed by atoms with E-state index >= 15 is 0 Å². The van der Waals surface area contributed by atoms with Crippen LogP contribution in [0.2, 0.25) is 0 Å². The number of nitrogens with one attached hydrogen (secondary N) is 2. The average Bonchev–Trinajstić information content (AvgIpc) is 3.55. The molecule has 2 N–H and O–H groups in total. The lowest BCUT2D eigenvalue weighted by Crippen LogP contribution is -2.16. The van der Waals surface area contributed by atoms with Crippen LogP contribution in [0.3, 0.4) is 0 Å². The molecule has 0 amide bonds. The summed E-state index contributed by atoms with van der Waals surface area (Å²) < 4.78 is 11.9. The van der Waals surface area contributed by atoms with Gasteiger partial charge in [0.1, 0.15) is 23.8 Å². The number of benzene rings is 1. The largest absolute Gasteiger partial charge is 0.497 e. The maximum absolute atomic E-state index is 11.7. The maximum Gasteiger partial charge on any atom is 0.325 e. The van der Waals surface area contributed by atoms with Crippen LogP contribution in [0.15, 0.2) is 54.7 Å². The Hall–Kier alpha value is -4.14. The molecule has 1 aliphatic rings. The second-order valence-corrected chi connectivity index (χ2v) is 8.48. The maximum atomic E-state index is 11.7. The number of ether oxygens (including phenoxy) is 2. The summed E-state index contributed by atoms with van der Waals surface area (Å²) in [6.07, 6.45) is 6.51. The van der Waals surface area contributed by atoms with E-state index in [0.717, 1.165) is 46.6 Å². The molecule has 0 saturated heterocycles. The number of hydrogen-bond donors (Lipinski definition) is 2. The first kappa shape index (κ1) is 22.6. The van der Waals surface area contributed by atoms with Gasteiger partial charge in [0.05, 0.1) is 31.0 Å². The number of pyridine rings is 1. The Morgan fingerprint density at radius 1 is 1.09 bits per heavy atom. The van der Waals surface area contributed by atoms with Crippen molar-refractivity contribution in [2.75, 3.05) is 31.4 Å². The third kappa shape index (κ3) is 4.75. The fourth-order valence-electron chi connectivity index (χ4n) is 4.46. The molecule has 180 valence electrons. The lowest BCUT2D eigenvalue weighted by molar-refractivity contribution is -0.138. The minimum atomic E-state index is -0.358. The number of hydrogen-bond acceptors (Lipinski definition) is 8. The van der Waals surface area contributed by atoms with Crippen LogP contribution in [0.5, 0.6) is 5.75 Å². The molecule has 3 aromatic heterocycles. The van der Waals surface area contributed by atoms with Gasteiger partial charge in [-0.05, 0) is 55.3 Å². The van der Waals surface area contributed by atoms with Crippen LogP contribution in [0.25, 0.3) is 28.0 Å². The standard InChI is InChI=1S/C26H28N6O3/c1-34-19-12-10-17(11-13-19)25-24(20-14-15-27-26(30-20)29-18-6-3-4-7-18)21-8-5-9-22(32(21)31-25)28-16-23(33)35-2/h5,8-15,18,28H,3-4,6-7,16H2,1-2H3,(H,27,29,30). The zero-order valence-corrected chi connectivity index (χ0v) is 19.8. The molecule has 0 aliphatic heterocycles. The first-order valence-corrected chi connectivity index (χ1v) is 11.7. The first-order chi connectivity index (χ1) is 17.2. The number of fused-ring (bicyclic) bond motifs is 1. The van der Waals surface area contributed by atoms with Gasteiger partial charge in [-0.15, -0.1) is 0 Å². The van der Waals surface area contributed by atoms with E-state index in [1.165, 1.54) is 20.0 Å². The van der Waals surface area contributed by atoms with Crippen molar-refractivity contribution in [1.82, 2.24) is 19.6 Å². The van der Waals surface area contributed by atoms with E-state index in [1.807, 2.05) is 48.5 Å². The first-order valence-electron chi connectivity index (χ1n) is 11.7. The van der Waals surface area contributed by atoms with Crippen molar-refractivity contribution in [3.8, 4) is 28.3 Å². The molecule has 9 nitrogen and oxygen atoms in total. The van der Waals surface area contributed by atoms with Crippen molar-refractivity contribution < 1.29 is 14.3 Å². The lowest BCUT2D eigenvalue weighted by Gasteiger charge is -2.12. The predicted octanol–water partition coefficient (Wildman–Crippen LogP) is 4.41. The predicted molar refractivity (Wildman–Crippen MR) is 135 cm³/mol. The Bertz CT molecular complexity index is 1330. The third-order valence-corrected chi connectivity index (χ3v) is 6.26. The SMILES string of the molecule is COC(=O)CNc1cccc2c(-c3ccnc(NC4CCCC4)n3)c(-c3ccc(OC)cc3)nn12. The van der Waals surface area contributed by atoms with E-state index < -0.39 is 0 Å². The van der Waals surface area contributed by atoms with Crippen LogP contribution in [-0.2, 0) is 9.53 Å². The molecular formula is C26H28N6O3. The molecule has 1 fully saturated rings. The number of esters is 1. The third-order valence-electron chi connectivity index (χ3n) is 6.26. The molecule has 9 heteroatoms. The normalized spacial score (nSPS) is 13.7. The lowest BCUT2D eigenvalue weighted by atomic mass is 10.0. The highest BCUT2D eigenvalue weighted by atomic mass is 16.5. The summed E-state index contributed by atoms with van der Waals surface area (Å²) in [5.41, 5.74) is 4.20. The molecule has 3 heterocycles. The molecule has 0 radical (unpaired) electrons. The monoisotopic (exact) mass is 472 g/mol. The van der Waals surface area contributed by atoms with Crippen molar-refractivity contribution in [2.45, 2.75) is 31.7 Å². The second-order valence-electron chi connectivity index (χ2n) is 8.48. The quantitative estimate of drug-likeness (QED) is 0.364. The molecule has 0 bridgehead atoms. The average molecular weight is 473 g/mol. The molecule has 0 atom stereocenters. The highest BCUT2D eigenvalue weighted by Gasteiger charge is 2.21. The van der Waals surface area contributed by atoms with Gasteiger partial charge in [-0.1, -0.05) is 18.9 Å². The minimum Gasteiger partial charge on any atom is -0.497 e. The number of aromatic nitrogens is 4. The van der Waals surface area contributed by atoms with Crippen molar-refractivity contribution >= 4 is 23.3 Å². The Kier molecular flexibility index (Phi) is 6.47. The van der Waals surface area contributed by atoms with Gasteiger partial charge in [0, 0.05) is 17.8 Å². The van der Waals surface area contributed by atoms with Gasteiger partial charge in [0.25, 0.3) is 0 Å². The molecule has 1 saturated carbocycles. The zero-order chi connectivity index (χ0) is 24.2. The molecule has 1 aromatic carbocycles. The van der Waals surface area contributed by atoms with Gasteiger partial charge in [-0.25, -0.2) is 14.5 Å². The van der Waals surface area contributed by atoms with Crippen LogP contribution in [-0.4, -0.2) is 52.4 Å². The Morgan fingerprint density at radius 2 is 1.89 bits per heavy atom. The Labute approximate surface area is 203 Å². The van der Waals surface area contributed by atoms with Crippen LogP contribution in [0.1, 0.15) is 25.7 Å². The molecule has 1 aliphatic carbocycles. The van der Waals surface area contributed by atoms with Gasteiger partial charge < -0.3 is 20.1 Å². The summed E-state index contributed by atoms with van der Waals surface area (Å²) in [5, 5.41) is 11.5. The van der Waals surface area contributed by atoms with Crippen LogP contribution >= 0.6 is 0 Å². The summed E-state index contributed by atoms with van der Waals surface area (Å²) in [6, 6.07) is 15.9. The number of methoxy groups -OCH3 is 2. The molecule has 5 rings (SSSR count). The Balaban J connectivity index is 1.62. The number of carbonyl (C=O) groups is 1. The van der Waals surface area contributed by atoms with Gasteiger partial charge in [0.15, 0.2) is 0 Å². The van der Waals surface area contributed by atoms with Gasteiger partial charge in [-0.2, -0.15) is 5.10 Å². The fourth-order valence-corrected chi connectivity index (χ4v) is 4.46. The molecule has 4 aromatic rings. The van der Waals surface area contributed by atoms with E-state index in [0.29, 0.717) is 17.8 Å². The van der Waals surface area contributed by atoms with Crippen LogP contribution < -0.4 is 15.4 Å². The minimum absolute atomic E-state index is 0.0334. The van der Waals surface area contributed by atoms with E-state index in [1.54, 1.807) is 17.8 Å². The highest BCUT2D eigenvalue weighted by molar-refractivity contribution is 5.92. The number of carbonyl (C=O) groups excluding carboxylic acids is 1. The molecule has 0 spiro atoms. The second kappa shape index (κ2) is 10.0. The van der Waals surface area contributed by atoms with Crippen molar-refractivity contribution in [3.05, 3.63) is 54.7 Å². The zero-order valence-electron chi connectivity index (χ0n) is 19.8. The molecular weight excluding hydrogens is 444 g/mol. The van der Waals surface area contributed by atoms with Crippen molar-refractivity contribution in [3.63, 3.8) is 0 Å². The van der Waals surface area contributed by atoms with E-state index in [9.17, 15) is 4.79 Å². The van der Waals surface area contributed by atoms with Crippen molar-refractivity contribution in [2.24, 2.45) is 0 Å².